The molecule has 0 aliphatic carbocycles. The number of carbonyl (C=O) groups is 2. The zero-order valence-electron chi connectivity index (χ0n) is 12.9. The molecule has 2 rings (SSSR count). The molecule has 0 saturated heterocycles. The van der Waals surface area contributed by atoms with Crippen LogP contribution in [0.4, 0.5) is 0 Å². The minimum Gasteiger partial charge on any atom is -0.368 e. The van der Waals surface area contributed by atoms with Crippen molar-refractivity contribution in [3.8, 4) is 11.1 Å². The summed E-state index contributed by atoms with van der Waals surface area (Å²) in [7, 11) is 0. The van der Waals surface area contributed by atoms with Gasteiger partial charge in [-0.3, -0.25) is 9.59 Å². The molecular formula is C16H18N4O3. The molecule has 7 heteroatoms. The Balaban J connectivity index is 2.25. The zero-order valence-corrected chi connectivity index (χ0v) is 12.9. The van der Waals surface area contributed by atoms with Gasteiger partial charge in [-0.1, -0.05) is 26.0 Å². The molecule has 1 aromatic carbocycles. The lowest BCUT2D eigenvalue weighted by Gasteiger charge is -2.19. The lowest BCUT2D eigenvalue weighted by atomic mass is 10.0. The van der Waals surface area contributed by atoms with Crippen LogP contribution < -0.4 is 16.7 Å². The van der Waals surface area contributed by atoms with Crippen molar-refractivity contribution in [2.45, 2.75) is 19.9 Å². The number of amides is 2. The van der Waals surface area contributed by atoms with E-state index in [1.54, 1.807) is 38.1 Å². The molecule has 4 N–H and O–H groups in total. The largest absolute Gasteiger partial charge is 0.368 e. The summed E-state index contributed by atoms with van der Waals surface area (Å²) in [6, 6.07) is 6.06. The van der Waals surface area contributed by atoms with Gasteiger partial charge in [0.15, 0.2) is 0 Å². The van der Waals surface area contributed by atoms with E-state index in [0.29, 0.717) is 11.1 Å². The monoisotopic (exact) mass is 314 g/mol. The molecule has 0 spiro atoms. The summed E-state index contributed by atoms with van der Waals surface area (Å²) < 4.78 is 0. The molecule has 0 aliphatic heterocycles. The fourth-order valence-electron chi connectivity index (χ4n) is 2.13. The highest BCUT2D eigenvalue weighted by Crippen LogP contribution is 2.18. The van der Waals surface area contributed by atoms with Crippen molar-refractivity contribution in [1.82, 2.24) is 15.3 Å². The number of nitrogens with one attached hydrogen (secondary N) is 2. The van der Waals surface area contributed by atoms with E-state index in [2.05, 4.69) is 15.3 Å². The van der Waals surface area contributed by atoms with Crippen molar-refractivity contribution in [3.05, 3.63) is 52.7 Å². The molecule has 0 fully saturated rings. The Hall–Kier alpha value is -2.96. The highest BCUT2D eigenvalue weighted by atomic mass is 16.2. The first-order chi connectivity index (χ1) is 10.9. The Kier molecular flexibility index (Phi) is 4.90. The van der Waals surface area contributed by atoms with Crippen molar-refractivity contribution in [1.29, 1.82) is 0 Å². The van der Waals surface area contributed by atoms with Crippen molar-refractivity contribution >= 4 is 11.8 Å². The third kappa shape index (κ3) is 4.03. The molecule has 23 heavy (non-hydrogen) atoms. The van der Waals surface area contributed by atoms with E-state index < -0.39 is 17.6 Å². The average molecular weight is 314 g/mol. The molecule has 2 amide bonds. The first-order valence-electron chi connectivity index (χ1n) is 7.14. The van der Waals surface area contributed by atoms with Gasteiger partial charge in [-0.25, -0.2) is 9.78 Å². The van der Waals surface area contributed by atoms with Gasteiger partial charge in [0.1, 0.15) is 6.04 Å². The van der Waals surface area contributed by atoms with Crippen LogP contribution in [0.15, 0.2) is 41.5 Å². The Labute approximate surface area is 132 Å². The number of nitrogens with zero attached hydrogens (tertiary/aromatic N) is 1. The third-order valence-corrected chi connectivity index (χ3v) is 3.39. The number of rotatable bonds is 5. The normalized spacial score (nSPS) is 12.0. The molecule has 7 nitrogen and oxygen atoms in total. The Morgan fingerprint density at radius 2 is 2.00 bits per heavy atom. The van der Waals surface area contributed by atoms with Crippen LogP contribution in [0.25, 0.3) is 11.1 Å². The summed E-state index contributed by atoms with van der Waals surface area (Å²) in [4.78, 5) is 40.8. The molecule has 0 aliphatic rings. The zero-order chi connectivity index (χ0) is 17.0. The molecule has 1 aromatic heterocycles. The summed E-state index contributed by atoms with van der Waals surface area (Å²) in [6.07, 6.45) is 2.95. The predicted molar refractivity (Wildman–Crippen MR) is 85.6 cm³/mol. The van der Waals surface area contributed by atoms with Gasteiger partial charge in [-0.15, -0.1) is 0 Å². The van der Waals surface area contributed by atoms with Crippen LogP contribution in [-0.2, 0) is 4.79 Å². The van der Waals surface area contributed by atoms with Crippen LogP contribution in [-0.4, -0.2) is 27.8 Å². The SMILES string of the molecule is CC(C)[C@H](NC(=O)c1cccc(-c2cnc(=O)[nH]c2)c1)C(N)=O. The molecule has 1 heterocycles. The van der Waals surface area contributed by atoms with E-state index in [1.165, 1.54) is 12.4 Å². The number of benzene rings is 1. The lowest BCUT2D eigenvalue weighted by molar-refractivity contribution is -0.120. The topological polar surface area (TPSA) is 118 Å². The van der Waals surface area contributed by atoms with Gasteiger partial charge in [0.05, 0.1) is 0 Å². The third-order valence-electron chi connectivity index (χ3n) is 3.39. The number of carbonyl (C=O) groups excluding carboxylic acids is 2. The molecule has 0 bridgehead atoms. The number of primary amides is 1. The molecular weight excluding hydrogens is 296 g/mol. The molecule has 0 unspecified atom stereocenters. The molecule has 0 radical (unpaired) electrons. The summed E-state index contributed by atoms with van der Waals surface area (Å²) in [5, 5.41) is 2.63. The van der Waals surface area contributed by atoms with Crippen molar-refractivity contribution in [3.63, 3.8) is 0 Å². The van der Waals surface area contributed by atoms with Gasteiger partial charge in [-0.2, -0.15) is 0 Å². The van der Waals surface area contributed by atoms with Gasteiger partial charge in [0.25, 0.3) is 5.91 Å². The number of aromatic nitrogens is 2. The number of hydrogen-bond acceptors (Lipinski definition) is 4. The maximum Gasteiger partial charge on any atom is 0.344 e. The predicted octanol–water partition coefficient (Wildman–Crippen LogP) is 0.677. The average Bonchev–Trinajstić information content (AvgIpc) is 2.52. The fourth-order valence-corrected chi connectivity index (χ4v) is 2.13. The summed E-state index contributed by atoms with van der Waals surface area (Å²) in [6.45, 7) is 3.61. The van der Waals surface area contributed by atoms with Crippen LogP contribution in [0.3, 0.4) is 0 Å². The van der Waals surface area contributed by atoms with Gasteiger partial charge in [0.2, 0.25) is 5.91 Å². The second-order valence-corrected chi connectivity index (χ2v) is 5.49. The molecule has 120 valence electrons. The van der Waals surface area contributed by atoms with Gasteiger partial charge in [-0.05, 0) is 23.6 Å². The van der Waals surface area contributed by atoms with Crippen LogP contribution in [0.5, 0.6) is 0 Å². The number of H-pyrrole nitrogens is 1. The smallest absolute Gasteiger partial charge is 0.344 e. The fraction of sp³-hybridized carbons (Fsp3) is 0.250. The maximum absolute atomic E-state index is 12.3. The van der Waals surface area contributed by atoms with Gasteiger partial charge >= 0.3 is 5.69 Å². The Morgan fingerprint density at radius 3 is 2.57 bits per heavy atom. The van der Waals surface area contributed by atoms with Gasteiger partial charge < -0.3 is 16.0 Å². The quantitative estimate of drug-likeness (QED) is 0.752. The Morgan fingerprint density at radius 1 is 1.26 bits per heavy atom. The molecule has 0 saturated carbocycles. The minimum absolute atomic E-state index is 0.108. The van der Waals surface area contributed by atoms with Crippen molar-refractivity contribution in [2.75, 3.05) is 0 Å². The lowest BCUT2D eigenvalue weighted by Crippen LogP contribution is -2.47. The van der Waals surface area contributed by atoms with Crippen LogP contribution in [0.1, 0.15) is 24.2 Å². The first kappa shape index (κ1) is 16.4. The van der Waals surface area contributed by atoms with E-state index >= 15 is 0 Å². The standard InChI is InChI=1S/C16H18N4O3/c1-9(2)13(14(17)21)20-15(22)11-5-3-4-10(6-11)12-7-18-16(23)19-8-12/h3-9,13H,1-2H3,(H2,17,21)(H,20,22)(H,18,19,23)/t13-/m0/s1. The van der Waals surface area contributed by atoms with Crippen LogP contribution in [0.2, 0.25) is 0 Å². The number of nitrogens with two attached hydrogens (primary N) is 1. The summed E-state index contributed by atoms with van der Waals surface area (Å²) in [5.41, 5.74) is 6.65. The highest BCUT2D eigenvalue weighted by Gasteiger charge is 2.22. The molecule has 2 aromatic rings. The number of hydrogen-bond donors (Lipinski definition) is 3. The minimum atomic E-state index is -0.735. The van der Waals surface area contributed by atoms with E-state index in [-0.39, 0.29) is 11.8 Å². The van der Waals surface area contributed by atoms with E-state index in [4.69, 9.17) is 5.73 Å². The van der Waals surface area contributed by atoms with E-state index in [1.807, 2.05) is 0 Å². The van der Waals surface area contributed by atoms with Gasteiger partial charge in [0, 0.05) is 23.5 Å². The second kappa shape index (κ2) is 6.87. The summed E-state index contributed by atoms with van der Waals surface area (Å²) in [5.74, 6) is -1.07. The Bertz CT molecular complexity index is 762. The first-order valence-corrected chi connectivity index (χ1v) is 7.14. The molecule has 1 atom stereocenters. The number of aromatic amines is 1. The van der Waals surface area contributed by atoms with Crippen LogP contribution in [0, 0.1) is 5.92 Å². The van der Waals surface area contributed by atoms with E-state index in [9.17, 15) is 14.4 Å². The summed E-state index contributed by atoms with van der Waals surface area (Å²) >= 11 is 0. The highest BCUT2D eigenvalue weighted by molar-refractivity contribution is 5.98. The van der Waals surface area contributed by atoms with Crippen LogP contribution >= 0.6 is 0 Å². The van der Waals surface area contributed by atoms with E-state index in [0.717, 1.165) is 5.56 Å². The van der Waals surface area contributed by atoms with Crippen molar-refractivity contribution < 1.29 is 9.59 Å². The maximum atomic E-state index is 12.3. The second-order valence-electron chi connectivity index (χ2n) is 5.49. The van der Waals surface area contributed by atoms with Crippen molar-refractivity contribution in [2.24, 2.45) is 11.7 Å².